The minimum atomic E-state index is -4.08. The van der Waals surface area contributed by atoms with Crippen molar-refractivity contribution in [2.45, 2.75) is 24.3 Å². The van der Waals surface area contributed by atoms with Crippen LogP contribution >= 0.6 is 0 Å². The second-order valence-electron chi connectivity index (χ2n) is 4.16. The maximum Gasteiger partial charge on any atom is 0.330 e. The summed E-state index contributed by atoms with van der Waals surface area (Å²) in [5.41, 5.74) is -1.51. The Morgan fingerprint density at radius 3 is 2.42 bits per heavy atom. The molecule has 1 rings (SSSR count). The summed E-state index contributed by atoms with van der Waals surface area (Å²) in [6, 6.07) is -0.674. The van der Waals surface area contributed by atoms with Gasteiger partial charge in [0, 0.05) is 26.3 Å². The van der Waals surface area contributed by atoms with Crippen molar-refractivity contribution in [2.24, 2.45) is 14.1 Å². The van der Waals surface area contributed by atoms with Crippen LogP contribution in [0.15, 0.2) is 20.7 Å². The monoisotopic (exact) mass is 291 g/mol. The van der Waals surface area contributed by atoms with Crippen LogP contribution in [0.1, 0.15) is 13.3 Å². The molecule has 0 radical (unpaired) electrons. The Kier molecular flexibility index (Phi) is 4.66. The summed E-state index contributed by atoms with van der Waals surface area (Å²) in [5.74, 6) is 0. The molecule has 19 heavy (non-hydrogen) atoms. The normalized spacial score (nSPS) is 13.5. The number of aryl methyl sites for hydroxylation is 1. The molecule has 0 aliphatic heterocycles. The number of aromatic nitrogens is 2. The molecule has 0 spiro atoms. The molecule has 0 fully saturated rings. The minimum absolute atomic E-state index is 0.373. The molecule has 1 atom stereocenters. The second kappa shape index (κ2) is 5.68. The fourth-order valence-electron chi connectivity index (χ4n) is 1.49. The van der Waals surface area contributed by atoms with Gasteiger partial charge in [0.2, 0.25) is 10.0 Å². The quantitative estimate of drug-likeness (QED) is 0.660. The molecule has 1 aromatic rings. The van der Waals surface area contributed by atoms with E-state index in [1.165, 1.54) is 14.1 Å². The lowest BCUT2D eigenvalue weighted by Crippen LogP contribution is -2.44. The summed E-state index contributed by atoms with van der Waals surface area (Å²) in [5, 5.41) is 8.99. The topological polar surface area (TPSA) is 110 Å². The summed E-state index contributed by atoms with van der Waals surface area (Å²) in [7, 11) is -1.53. The Bertz CT molecular complexity index is 669. The van der Waals surface area contributed by atoms with E-state index in [2.05, 4.69) is 4.72 Å². The van der Waals surface area contributed by atoms with Crippen LogP contribution in [0, 0.1) is 0 Å². The number of nitrogens with one attached hydrogen (secondary N) is 1. The maximum absolute atomic E-state index is 12.0. The molecule has 0 amide bonds. The van der Waals surface area contributed by atoms with E-state index in [1.807, 2.05) is 0 Å². The second-order valence-corrected chi connectivity index (χ2v) is 5.84. The van der Waals surface area contributed by atoms with Gasteiger partial charge in [0.15, 0.2) is 4.90 Å². The van der Waals surface area contributed by atoms with Gasteiger partial charge in [-0.15, -0.1) is 0 Å². The van der Waals surface area contributed by atoms with Gasteiger partial charge in [0.25, 0.3) is 5.56 Å². The van der Waals surface area contributed by atoms with Crippen LogP contribution in [-0.4, -0.2) is 35.3 Å². The van der Waals surface area contributed by atoms with Gasteiger partial charge in [-0.1, -0.05) is 6.92 Å². The maximum atomic E-state index is 12.0. The number of aliphatic hydroxyl groups is 1. The number of aliphatic hydroxyl groups excluding tert-OH is 1. The molecule has 1 heterocycles. The lowest BCUT2D eigenvalue weighted by atomic mass is 10.3. The fraction of sp³-hybridized carbons (Fsp3) is 0.600. The van der Waals surface area contributed by atoms with E-state index in [-0.39, 0.29) is 6.61 Å². The average molecular weight is 291 g/mol. The Morgan fingerprint density at radius 1 is 1.37 bits per heavy atom. The molecule has 0 aliphatic carbocycles. The highest BCUT2D eigenvalue weighted by Gasteiger charge is 2.23. The first kappa shape index (κ1) is 15.6. The van der Waals surface area contributed by atoms with E-state index < -0.39 is 32.2 Å². The first-order valence-corrected chi connectivity index (χ1v) is 7.12. The van der Waals surface area contributed by atoms with Crippen molar-refractivity contribution < 1.29 is 13.5 Å². The zero-order chi connectivity index (χ0) is 14.8. The van der Waals surface area contributed by atoms with E-state index >= 15 is 0 Å². The summed E-state index contributed by atoms with van der Waals surface area (Å²) >= 11 is 0. The van der Waals surface area contributed by atoms with E-state index in [4.69, 9.17) is 5.11 Å². The van der Waals surface area contributed by atoms with E-state index in [0.717, 1.165) is 10.8 Å². The van der Waals surface area contributed by atoms with Gasteiger partial charge < -0.3 is 9.67 Å². The molecule has 0 unspecified atom stereocenters. The lowest BCUT2D eigenvalue weighted by Gasteiger charge is -2.14. The molecule has 9 heteroatoms. The van der Waals surface area contributed by atoms with Crippen LogP contribution in [0.2, 0.25) is 0 Å². The predicted octanol–water partition coefficient (Wildman–Crippen LogP) is -1.87. The van der Waals surface area contributed by atoms with Crippen molar-refractivity contribution in [3.05, 3.63) is 27.0 Å². The lowest BCUT2D eigenvalue weighted by molar-refractivity contribution is 0.253. The molecule has 0 aliphatic rings. The van der Waals surface area contributed by atoms with Crippen molar-refractivity contribution in [1.29, 1.82) is 0 Å². The van der Waals surface area contributed by atoms with E-state index in [1.54, 1.807) is 6.92 Å². The Labute approximate surface area is 110 Å². The van der Waals surface area contributed by atoms with Crippen molar-refractivity contribution in [3.63, 3.8) is 0 Å². The number of hydrogen-bond acceptors (Lipinski definition) is 5. The standard InChI is InChI=1S/C10H17N3O5S/c1-4-7(6-14)11-19(17,18)8-5-12(2)10(16)13(3)9(8)15/h5,7,11,14H,4,6H2,1-3H3/t7-/m0/s1. The highest BCUT2D eigenvalue weighted by molar-refractivity contribution is 7.89. The number of rotatable bonds is 5. The molecule has 2 N–H and O–H groups in total. The van der Waals surface area contributed by atoms with Gasteiger partial charge in [-0.25, -0.2) is 17.9 Å². The van der Waals surface area contributed by atoms with E-state index in [9.17, 15) is 18.0 Å². The number of hydrogen-bond donors (Lipinski definition) is 2. The van der Waals surface area contributed by atoms with Gasteiger partial charge in [-0.2, -0.15) is 0 Å². The molecule has 1 aromatic heterocycles. The molecule has 0 saturated carbocycles. The Morgan fingerprint density at radius 2 is 1.95 bits per heavy atom. The van der Waals surface area contributed by atoms with Crippen molar-refractivity contribution in [2.75, 3.05) is 6.61 Å². The zero-order valence-corrected chi connectivity index (χ0v) is 11.8. The van der Waals surface area contributed by atoms with Crippen LogP contribution in [0.3, 0.4) is 0 Å². The van der Waals surface area contributed by atoms with Crippen molar-refractivity contribution in [3.8, 4) is 0 Å². The van der Waals surface area contributed by atoms with Crippen LogP contribution in [0.5, 0.6) is 0 Å². The minimum Gasteiger partial charge on any atom is -0.395 e. The number of sulfonamides is 1. The van der Waals surface area contributed by atoms with Crippen molar-refractivity contribution >= 4 is 10.0 Å². The molecular formula is C10H17N3O5S. The van der Waals surface area contributed by atoms with Crippen LogP contribution in [0.25, 0.3) is 0 Å². The van der Waals surface area contributed by atoms with Crippen LogP contribution in [-0.2, 0) is 24.1 Å². The molecule has 0 saturated heterocycles. The third kappa shape index (κ3) is 3.11. The van der Waals surface area contributed by atoms with Gasteiger partial charge >= 0.3 is 5.69 Å². The first-order chi connectivity index (χ1) is 8.74. The molecule has 0 aromatic carbocycles. The fourth-order valence-corrected chi connectivity index (χ4v) is 2.96. The smallest absolute Gasteiger partial charge is 0.330 e. The molecule has 0 bridgehead atoms. The molecule has 108 valence electrons. The van der Waals surface area contributed by atoms with Gasteiger partial charge in [-0.3, -0.25) is 9.36 Å². The summed E-state index contributed by atoms with van der Waals surface area (Å²) in [4.78, 5) is 22.8. The SMILES string of the molecule is CC[C@@H](CO)NS(=O)(=O)c1cn(C)c(=O)n(C)c1=O. The summed E-state index contributed by atoms with van der Waals surface area (Å²) in [6.07, 6.45) is 1.35. The molecular weight excluding hydrogens is 274 g/mol. The van der Waals surface area contributed by atoms with Crippen LogP contribution in [0.4, 0.5) is 0 Å². The van der Waals surface area contributed by atoms with E-state index in [0.29, 0.717) is 11.0 Å². The van der Waals surface area contributed by atoms with Gasteiger partial charge in [0.05, 0.1) is 6.61 Å². The Balaban J connectivity index is 3.39. The predicted molar refractivity (Wildman–Crippen MR) is 68.4 cm³/mol. The van der Waals surface area contributed by atoms with Crippen LogP contribution < -0.4 is 16.0 Å². The zero-order valence-electron chi connectivity index (χ0n) is 11.0. The highest BCUT2D eigenvalue weighted by Crippen LogP contribution is 2.03. The van der Waals surface area contributed by atoms with Gasteiger partial charge in [0.1, 0.15) is 0 Å². The van der Waals surface area contributed by atoms with Crippen molar-refractivity contribution in [1.82, 2.24) is 13.9 Å². The summed E-state index contributed by atoms with van der Waals surface area (Å²) in [6.45, 7) is 1.32. The third-order valence-electron chi connectivity index (χ3n) is 2.74. The first-order valence-electron chi connectivity index (χ1n) is 5.64. The Hall–Kier alpha value is -1.45. The average Bonchev–Trinajstić information content (AvgIpc) is 2.37. The number of nitrogens with zero attached hydrogens (tertiary/aromatic N) is 2. The largest absolute Gasteiger partial charge is 0.395 e. The highest BCUT2D eigenvalue weighted by atomic mass is 32.2. The summed E-state index contributed by atoms with van der Waals surface area (Å²) < 4.78 is 28.0. The van der Waals surface area contributed by atoms with Gasteiger partial charge in [-0.05, 0) is 6.42 Å². The third-order valence-corrected chi connectivity index (χ3v) is 4.24. The molecule has 8 nitrogen and oxygen atoms in total.